The van der Waals surface area contributed by atoms with Crippen molar-refractivity contribution in [2.75, 3.05) is 10.2 Å². The highest BCUT2D eigenvalue weighted by atomic mass is 35.5. The van der Waals surface area contributed by atoms with Crippen LogP contribution in [0.2, 0.25) is 5.02 Å². The fourth-order valence-electron chi connectivity index (χ4n) is 3.07. The first-order valence-electron chi connectivity index (χ1n) is 9.89. The molecule has 1 aliphatic rings. The number of nitriles is 1. The number of carbonyl (C=O) groups is 2. The lowest BCUT2D eigenvalue weighted by atomic mass is 10.2. The third kappa shape index (κ3) is 4.33. The van der Waals surface area contributed by atoms with Crippen LogP contribution >= 0.6 is 11.6 Å². The van der Waals surface area contributed by atoms with Crippen molar-refractivity contribution in [3.05, 3.63) is 40.7 Å². The van der Waals surface area contributed by atoms with Gasteiger partial charge >= 0.3 is 6.09 Å². The van der Waals surface area contributed by atoms with Crippen LogP contribution in [0.4, 0.5) is 22.2 Å². The summed E-state index contributed by atoms with van der Waals surface area (Å²) in [5, 5.41) is 16.5. The van der Waals surface area contributed by atoms with Gasteiger partial charge in [-0.2, -0.15) is 14.9 Å². The second kappa shape index (κ2) is 8.09. The maximum absolute atomic E-state index is 13.0. The van der Waals surface area contributed by atoms with E-state index in [0.29, 0.717) is 23.5 Å². The summed E-state index contributed by atoms with van der Waals surface area (Å²) < 4.78 is 7.05. The summed E-state index contributed by atoms with van der Waals surface area (Å²) in [5.41, 5.74) is 0.149. The van der Waals surface area contributed by atoms with Crippen molar-refractivity contribution in [2.45, 2.75) is 45.3 Å². The van der Waals surface area contributed by atoms with Crippen molar-refractivity contribution < 1.29 is 14.3 Å². The van der Waals surface area contributed by atoms with Crippen molar-refractivity contribution >= 4 is 47.1 Å². The molecular weight excluding hydrogens is 434 g/mol. The molecule has 4 rings (SSSR count). The van der Waals surface area contributed by atoms with Gasteiger partial charge in [0, 0.05) is 18.3 Å². The van der Waals surface area contributed by atoms with Gasteiger partial charge in [0.1, 0.15) is 29.1 Å². The number of hydrogen-bond donors (Lipinski definition) is 1. The summed E-state index contributed by atoms with van der Waals surface area (Å²) in [4.78, 5) is 34.7. The molecule has 0 bridgehead atoms. The highest BCUT2D eigenvalue weighted by Crippen LogP contribution is 2.35. The van der Waals surface area contributed by atoms with E-state index in [-0.39, 0.29) is 28.1 Å². The van der Waals surface area contributed by atoms with Crippen LogP contribution in [0.25, 0.3) is 5.65 Å². The van der Waals surface area contributed by atoms with Gasteiger partial charge in [0.05, 0.1) is 22.3 Å². The lowest BCUT2D eigenvalue weighted by Crippen LogP contribution is -2.39. The number of nitrogens with zero attached hydrogens (tertiary/aromatic N) is 6. The van der Waals surface area contributed by atoms with Gasteiger partial charge in [-0.25, -0.2) is 14.8 Å². The smallest absolute Gasteiger partial charge is 0.416 e. The number of anilines is 3. The van der Waals surface area contributed by atoms with Gasteiger partial charge in [-0.15, -0.1) is 0 Å². The number of ether oxygens (including phenoxy) is 1. The van der Waals surface area contributed by atoms with E-state index >= 15 is 0 Å². The molecule has 3 heterocycles. The molecule has 10 nitrogen and oxygen atoms in total. The zero-order valence-electron chi connectivity index (χ0n) is 17.7. The van der Waals surface area contributed by atoms with Crippen molar-refractivity contribution in [3.8, 4) is 6.07 Å². The number of carbonyl (C=O) groups excluding carboxylic acids is 2. The second-order valence-electron chi connectivity index (χ2n) is 8.33. The molecule has 0 saturated heterocycles. The minimum Gasteiger partial charge on any atom is -0.443 e. The molecule has 0 atom stereocenters. The summed E-state index contributed by atoms with van der Waals surface area (Å²) in [6.07, 6.45) is 4.52. The van der Waals surface area contributed by atoms with E-state index in [0.717, 1.165) is 12.8 Å². The normalized spacial score (nSPS) is 13.5. The first kappa shape index (κ1) is 21.5. The monoisotopic (exact) mass is 453 g/mol. The zero-order valence-corrected chi connectivity index (χ0v) is 18.4. The lowest BCUT2D eigenvalue weighted by molar-refractivity contribution is 0.0576. The molecule has 1 saturated carbocycles. The Labute approximate surface area is 188 Å². The topological polar surface area (TPSA) is 126 Å². The van der Waals surface area contributed by atoms with Crippen LogP contribution in [0, 0.1) is 11.3 Å². The van der Waals surface area contributed by atoms with E-state index in [1.165, 1.54) is 27.9 Å². The minimum atomic E-state index is -0.685. The number of fused-ring (bicyclic) bond motifs is 1. The molecule has 1 fully saturated rings. The first-order chi connectivity index (χ1) is 15.2. The fourth-order valence-corrected chi connectivity index (χ4v) is 3.28. The van der Waals surface area contributed by atoms with Crippen molar-refractivity contribution in [1.29, 1.82) is 5.26 Å². The number of amides is 1. The number of aromatic nitrogens is 4. The van der Waals surface area contributed by atoms with E-state index in [1.807, 2.05) is 6.07 Å². The fraction of sp³-hybridized carbons (Fsp3) is 0.333. The number of hydrogen-bond acceptors (Lipinski definition) is 8. The Morgan fingerprint density at radius 2 is 2.12 bits per heavy atom. The summed E-state index contributed by atoms with van der Waals surface area (Å²) in [5.74, 6) is 0.965. The van der Waals surface area contributed by atoms with Crippen molar-refractivity contribution in [1.82, 2.24) is 19.6 Å². The molecule has 1 amide bonds. The Balaban J connectivity index is 1.81. The van der Waals surface area contributed by atoms with Crippen LogP contribution in [0.5, 0.6) is 0 Å². The maximum Gasteiger partial charge on any atom is 0.416 e. The predicted molar refractivity (Wildman–Crippen MR) is 117 cm³/mol. The van der Waals surface area contributed by atoms with E-state index in [9.17, 15) is 9.59 Å². The van der Waals surface area contributed by atoms with E-state index in [4.69, 9.17) is 21.6 Å². The van der Waals surface area contributed by atoms with Gasteiger partial charge in [-0.3, -0.25) is 9.69 Å². The molecule has 1 aliphatic carbocycles. The first-order valence-corrected chi connectivity index (χ1v) is 10.3. The number of pyridine rings is 1. The lowest BCUT2D eigenvalue weighted by Gasteiger charge is -2.27. The third-order valence-corrected chi connectivity index (χ3v) is 4.86. The van der Waals surface area contributed by atoms with Crippen LogP contribution in [0.1, 0.15) is 49.5 Å². The quantitative estimate of drug-likeness (QED) is 0.572. The molecule has 11 heteroatoms. The van der Waals surface area contributed by atoms with Crippen molar-refractivity contribution in [3.63, 3.8) is 0 Å². The van der Waals surface area contributed by atoms with E-state index in [2.05, 4.69) is 20.4 Å². The molecule has 0 radical (unpaired) electrons. The van der Waals surface area contributed by atoms with Crippen LogP contribution in [0.3, 0.4) is 0 Å². The summed E-state index contributed by atoms with van der Waals surface area (Å²) in [6.45, 7) is 5.38. The highest BCUT2D eigenvalue weighted by molar-refractivity contribution is 6.33. The average molecular weight is 454 g/mol. The van der Waals surface area contributed by atoms with Gasteiger partial charge in [0.15, 0.2) is 11.9 Å². The van der Waals surface area contributed by atoms with Crippen LogP contribution in [-0.4, -0.2) is 43.6 Å². The van der Waals surface area contributed by atoms with Gasteiger partial charge in [-0.1, -0.05) is 11.6 Å². The van der Waals surface area contributed by atoms with E-state index in [1.54, 1.807) is 26.8 Å². The number of aldehydes is 1. The van der Waals surface area contributed by atoms with Crippen LogP contribution in [0.15, 0.2) is 24.5 Å². The van der Waals surface area contributed by atoms with Crippen LogP contribution < -0.4 is 10.2 Å². The van der Waals surface area contributed by atoms with Gasteiger partial charge in [0.25, 0.3) is 0 Å². The average Bonchev–Trinajstić information content (AvgIpc) is 3.46. The molecule has 164 valence electrons. The Morgan fingerprint density at radius 1 is 1.38 bits per heavy atom. The Bertz CT molecular complexity index is 1250. The maximum atomic E-state index is 13.0. The summed E-state index contributed by atoms with van der Waals surface area (Å²) in [6, 6.07) is 5.01. The number of halogens is 1. The third-order valence-electron chi connectivity index (χ3n) is 4.57. The van der Waals surface area contributed by atoms with Gasteiger partial charge in [-0.05, 0) is 39.7 Å². The summed E-state index contributed by atoms with van der Waals surface area (Å²) in [7, 11) is 0. The molecule has 3 aromatic heterocycles. The van der Waals surface area contributed by atoms with Gasteiger partial charge in [0.2, 0.25) is 0 Å². The molecule has 32 heavy (non-hydrogen) atoms. The van der Waals surface area contributed by atoms with Gasteiger partial charge < -0.3 is 10.1 Å². The Morgan fingerprint density at radius 3 is 2.72 bits per heavy atom. The van der Waals surface area contributed by atoms with Crippen LogP contribution in [-0.2, 0) is 4.74 Å². The van der Waals surface area contributed by atoms with E-state index < -0.39 is 11.7 Å². The minimum absolute atomic E-state index is 0.0520. The molecule has 0 spiro atoms. The largest absolute Gasteiger partial charge is 0.443 e. The predicted octanol–water partition coefficient (Wildman–Crippen LogP) is 4.11. The van der Waals surface area contributed by atoms with Crippen molar-refractivity contribution in [2.24, 2.45) is 0 Å². The molecule has 3 aromatic rings. The molecule has 0 aromatic carbocycles. The Kier molecular flexibility index (Phi) is 5.44. The number of nitrogens with one attached hydrogen (secondary N) is 1. The molecule has 0 unspecified atom stereocenters. The zero-order chi connectivity index (χ0) is 23.0. The highest BCUT2D eigenvalue weighted by Gasteiger charge is 2.38. The molecule has 0 aliphatic heterocycles. The molecule has 1 N–H and O–H groups in total. The Hall–Kier alpha value is -3.71. The number of rotatable bonds is 5. The SMILES string of the molecule is CC(C)(C)OC(=O)N(c1cc(Nc2ncc(C#N)cc2Cl)nc2c(C=O)cnn12)C1CC1. The molecular formula is C21H20ClN7O3. The second-order valence-corrected chi connectivity index (χ2v) is 8.73. The standard InChI is InChI=1S/C21H20ClN7O3/c1-21(2,3)32-20(31)28(14-4-5-14)17-7-16(27-19-13(11-30)10-25-29(17)19)26-18-15(22)6-12(8-23)9-24-18/h6-7,9-11,14H,4-5H2,1-3H3,(H,24,26,27). The summed E-state index contributed by atoms with van der Waals surface area (Å²) >= 11 is 6.24.